The van der Waals surface area contributed by atoms with Crippen molar-refractivity contribution in [2.24, 2.45) is 0 Å². The van der Waals surface area contributed by atoms with Crippen molar-refractivity contribution in [3.63, 3.8) is 0 Å². The highest BCUT2D eigenvalue weighted by molar-refractivity contribution is 8.04. The van der Waals surface area contributed by atoms with E-state index in [9.17, 15) is 14.4 Å². The molecule has 0 aromatic heterocycles. The smallest absolute Gasteiger partial charge is 0.323 e. The van der Waals surface area contributed by atoms with Crippen molar-refractivity contribution in [3.8, 4) is 0 Å². The highest BCUT2D eigenvalue weighted by atomic mass is 35.5. The van der Waals surface area contributed by atoms with Crippen molar-refractivity contribution in [2.75, 3.05) is 18.4 Å². The number of unbranched alkanes of at least 4 members (excludes halogenated alkanes) is 1. The van der Waals surface area contributed by atoms with Crippen LogP contribution in [0.25, 0.3) is 0 Å². The lowest BCUT2D eigenvalue weighted by atomic mass is 10.1. The Balaban J connectivity index is 1.81. The summed E-state index contributed by atoms with van der Waals surface area (Å²) in [7, 11) is 0. The molecule has 6 nitrogen and oxygen atoms in total. The maximum Gasteiger partial charge on any atom is 0.501 e. The number of allylic oxidation sites excluding steroid dienone is 1. The Labute approximate surface area is 171 Å². The molecular formula is C18H18Cl2N3O3S+. The number of carbonyl (C=O) groups excluding carboxylic acids is 3. The Morgan fingerprint density at radius 2 is 1.96 bits per heavy atom. The van der Waals surface area contributed by atoms with Gasteiger partial charge in [0.15, 0.2) is 11.8 Å². The van der Waals surface area contributed by atoms with E-state index >= 15 is 0 Å². The molecule has 1 aromatic rings. The molecule has 2 heterocycles. The summed E-state index contributed by atoms with van der Waals surface area (Å²) >= 11 is 13.2. The number of nitrogens with zero attached hydrogens (tertiary/aromatic N) is 2. The van der Waals surface area contributed by atoms with E-state index in [0.717, 1.165) is 12.8 Å². The van der Waals surface area contributed by atoms with Gasteiger partial charge in [0.25, 0.3) is 5.91 Å². The molecular weight excluding hydrogens is 409 g/mol. The molecule has 1 atom stereocenters. The van der Waals surface area contributed by atoms with Gasteiger partial charge in [-0.05, 0) is 36.1 Å². The predicted octanol–water partition coefficient (Wildman–Crippen LogP) is 3.78. The third-order valence-corrected chi connectivity index (χ3v) is 5.61. The van der Waals surface area contributed by atoms with Crippen LogP contribution in [0.2, 0.25) is 10.0 Å². The predicted molar refractivity (Wildman–Crippen MR) is 108 cm³/mol. The highest BCUT2D eigenvalue weighted by Crippen LogP contribution is 2.28. The first-order chi connectivity index (χ1) is 12.9. The Hall–Kier alpha value is -1.83. The van der Waals surface area contributed by atoms with Gasteiger partial charge in [0, 0.05) is 15.7 Å². The highest BCUT2D eigenvalue weighted by Gasteiger charge is 2.49. The van der Waals surface area contributed by atoms with E-state index < -0.39 is 17.2 Å². The molecule has 0 radical (unpaired) electrons. The number of anilines is 1. The minimum Gasteiger partial charge on any atom is -0.323 e. The van der Waals surface area contributed by atoms with Crippen molar-refractivity contribution < 1.29 is 19.0 Å². The summed E-state index contributed by atoms with van der Waals surface area (Å²) in [6.07, 6.45) is 3.30. The van der Waals surface area contributed by atoms with Crippen LogP contribution < -0.4 is 5.32 Å². The zero-order chi connectivity index (χ0) is 19.6. The van der Waals surface area contributed by atoms with Crippen LogP contribution in [0.3, 0.4) is 0 Å². The van der Waals surface area contributed by atoms with Gasteiger partial charge in [0.2, 0.25) is 0 Å². The minimum absolute atomic E-state index is 0.199. The van der Waals surface area contributed by atoms with Crippen molar-refractivity contribution >= 4 is 64.2 Å². The van der Waals surface area contributed by atoms with Crippen LogP contribution in [-0.4, -0.2) is 51.4 Å². The third-order valence-electron chi connectivity index (χ3n) is 4.17. The summed E-state index contributed by atoms with van der Waals surface area (Å²) in [5.74, 6) is -0.625. The minimum atomic E-state index is -0.479. The van der Waals surface area contributed by atoms with E-state index in [-0.39, 0.29) is 12.5 Å². The molecule has 0 aliphatic carbocycles. The average molecular weight is 427 g/mol. The topological polar surface area (TPSA) is 69.5 Å². The number of halogens is 2. The van der Waals surface area contributed by atoms with Gasteiger partial charge in [-0.3, -0.25) is 4.79 Å². The number of hydrogen-bond donors (Lipinski definition) is 1. The molecule has 0 fully saturated rings. The Morgan fingerprint density at radius 1 is 1.26 bits per heavy atom. The quantitative estimate of drug-likeness (QED) is 0.702. The van der Waals surface area contributed by atoms with Gasteiger partial charge in [-0.15, -0.1) is 11.8 Å². The molecule has 2 aliphatic rings. The van der Waals surface area contributed by atoms with Crippen molar-refractivity contribution in [3.05, 3.63) is 39.7 Å². The van der Waals surface area contributed by atoms with Crippen molar-refractivity contribution in [1.29, 1.82) is 0 Å². The normalized spacial score (nSPS) is 18.9. The molecule has 0 bridgehead atoms. The Morgan fingerprint density at radius 3 is 2.63 bits per heavy atom. The summed E-state index contributed by atoms with van der Waals surface area (Å²) in [6, 6.07) is 4.24. The first-order valence-electron chi connectivity index (χ1n) is 8.48. The van der Waals surface area contributed by atoms with Gasteiger partial charge in [-0.25, -0.2) is 4.79 Å². The summed E-state index contributed by atoms with van der Waals surface area (Å²) in [5.41, 5.74) is 0.987. The van der Waals surface area contributed by atoms with Crippen LogP contribution in [-0.2, 0) is 9.59 Å². The van der Waals surface area contributed by atoms with Gasteiger partial charge in [-0.1, -0.05) is 36.5 Å². The Bertz CT molecular complexity index is 849. The van der Waals surface area contributed by atoms with Crippen LogP contribution in [0.15, 0.2) is 29.7 Å². The molecule has 27 heavy (non-hydrogen) atoms. The molecule has 0 saturated heterocycles. The van der Waals surface area contributed by atoms with Gasteiger partial charge >= 0.3 is 11.9 Å². The lowest BCUT2D eigenvalue weighted by molar-refractivity contribution is -0.425. The molecule has 0 spiro atoms. The standard InChI is InChI=1S/C18H17Cl2N3O3S/c1-2-3-5-22-17(25)16-14(4-6-27-16)23(18(22)26)10-15(24)21-13-8-11(19)7-12(20)9-13/h4,6-9,16H,2-3,5,10H2,1H3/p+1. The van der Waals surface area contributed by atoms with Gasteiger partial charge in [0.05, 0.1) is 6.54 Å². The summed E-state index contributed by atoms with van der Waals surface area (Å²) in [4.78, 5) is 39.2. The van der Waals surface area contributed by atoms with E-state index in [1.165, 1.54) is 21.2 Å². The Kier molecular flexibility index (Phi) is 6.24. The van der Waals surface area contributed by atoms with Gasteiger partial charge in [-0.2, -0.15) is 14.3 Å². The van der Waals surface area contributed by atoms with E-state index in [1.54, 1.807) is 29.7 Å². The molecule has 1 aromatic carbocycles. The van der Waals surface area contributed by atoms with Crippen molar-refractivity contribution in [2.45, 2.75) is 25.0 Å². The van der Waals surface area contributed by atoms with Crippen LogP contribution in [0.1, 0.15) is 19.8 Å². The molecule has 0 saturated carbocycles. The average Bonchev–Trinajstić information content (AvgIpc) is 3.07. The maximum atomic E-state index is 12.8. The maximum absolute atomic E-state index is 12.8. The van der Waals surface area contributed by atoms with E-state index in [1.807, 2.05) is 6.92 Å². The van der Waals surface area contributed by atoms with E-state index in [2.05, 4.69) is 5.32 Å². The van der Waals surface area contributed by atoms with E-state index in [0.29, 0.717) is 28.0 Å². The number of thioether (sulfide) groups is 1. The first-order valence-corrected chi connectivity index (χ1v) is 10.2. The molecule has 9 heteroatoms. The first kappa shape index (κ1) is 19.9. The lowest BCUT2D eigenvalue weighted by Crippen LogP contribution is -2.56. The van der Waals surface area contributed by atoms with E-state index in [4.69, 9.17) is 23.2 Å². The number of nitrogens with one attached hydrogen (secondary N) is 1. The number of imide groups is 1. The molecule has 1 N–H and O–H groups in total. The summed E-state index contributed by atoms with van der Waals surface area (Å²) in [6.45, 7) is 2.14. The lowest BCUT2D eigenvalue weighted by Gasteiger charge is -2.24. The van der Waals surface area contributed by atoms with Gasteiger partial charge in [0.1, 0.15) is 5.71 Å². The number of amides is 4. The molecule has 1 unspecified atom stereocenters. The largest absolute Gasteiger partial charge is 0.501 e. The molecule has 3 rings (SSSR count). The fourth-order valence-electron chi connectivity index (χ4n) is 2.90. The summed E-state index contributed by atoms with van der Waals surface area (Å²) < 4.78 is 1.36. The number of rotatable bonds is 6. The number of urea groups is 1. The van der Waals surface area contributed by atoms with Gasteiger partial charge < -0.3 is 5.32 Å². The molecule has 142 valence electrons. The van der Waals surface area contributed by atoms with Crippen LogP contribution in [0, 0.1) is 0 Å². The fraction of sp³-hybridized carbons (Fsp3) is 0.333. The molecule has 2 aliphatic heterocycles. The fourth-order valence-corrected chi connectivity index (χ4v) is 4.39. The number of hydrogen-bond acceptors (Lipinski definition) is 4. The zero-order valence-corrected chi connectivity index (χ0v) is 16.9. The van der Waals surface area contributed by atoms with Crippen molar-refractivity contribution in [1.82, 2.24) is 4.90 Å². The third kappa shape index (κ3) is 4.36. The number of fused-ring (bicyclic) bond motifs is 1. The number of carbonyl (C=O) groups is 3. The summed E-state index contributed by atoms with van der Waals surface area (Å²) in [5, 5.41) is 4.78. The monoisotopic (exact) mass is 426 g/mol. The van der Waals surface area contributed by atoms with Crippen LogP contribution >= 0.6 is 35.0 Å². The van der Waals surface area contributed by atoms with Crippen LogP contribution in [0.4, 0.5) is 10.5 Å². The second-order valence-electron chi connectivity index (χ2n) is 6.16. The molecule has 4 amide bonds. The van der Waals surface area contributed by atoms with Crippen LogP contribution in [0.5, 0.6) is 0 Å². The SMILES string of the molecule is CCCCN1C(=O)C2SC=CC2=[N+](CC(=O)Nc2cc(Cl)cc(Cl)c2)C1=O. The second kappa shape index (κ2) is 8.46. The second-order valence-corrected chi connectivity index (χ2v) is 8.05. The zero-order valence-electron chi connectivity index (χ0n) is 14.6. The number of benzene rings is 1.